The van der Waals surface area contributed by atoms with Gasteiger partial charge in [-0.1, -0.05) is 29.3 Å². The molecule has 0 amide bonds. The predicted octanol–water partition coefficient (Wildman–Crippen LogP) is 3.31. The number of nitriles is 1. The summed E-state index contributed by atoms with van der Waals surface area (Å²) in [5.41, 5.74) is 0.690. The van der Waals surface area contributed by atoms with Gasteiger partial charge in [0, 0.05) is 21.7 Å². The van der Waals surface area contributed by atoms with E-state index in [0.717, 1.165) is 12.8 Å². The van der Waals surface area contributed by atoms with Gasteiger partial charge in [-0.3, -0.25) is 5.32 Å². The minimum atomic E-state index is -0.404. The van der Waals surface area contributed by atoms with Crippen molar-refractivity contribution in [1.29, 1.82) is 5.26 Å². The van der Waals surface area contributed by atoms with Gasteiger partial charge in [0.05, 0.1) is 6.07 Å². The Bertz CT molecular complexity index is 387. The highest BCUT2D eigenvalue weighted by Crippen LogP contribution is 2.32. The molecule has 1 aromatic rings. The Kier molecular flexibility index (Phi) is 3.16. The number of hydrogen-bond donors (Lipinski definition) is 1. The Morgan fingerprint density at radius 3 is 2.40 bits per heavy atom. The lowest BCUT2D eigenvalue weighted by Crippen LogP contribution is -2.22. The molecular formula is C11H10Cl2N2. The molecule has 0 aliphatic heterocycles. The Morgan fingerprint density at radius 1 is 1.33 bits per heavy atom. The molecule has 0 heterocycles. The van der Waals surface area contributed by atoms with Crippen molar-refractivity contribution < 1.29 is 0 Å². The highest BCUT2D eigenvalue weighted by Gasteiger charge is 2.27. The molecule has 1 aliphatic carbocycles. The van der Waals surface area contributed by atoms with Gasteiger partial charge in [-0.05, 0) is 25.0 Å². The van der Waals surface area contributed by atoms with Crippen LogP contribution in [0.25, 0.3) is 0 Å². The highest BCUT2D eigenvalue weighted by atomic mass is 35.5. The molecular weight excluding hydrogens is 231 g/mol. The Hall–Kier alpha value is -0.750. The van der Waals surface area contributed by atoms with Gasteiger partial charge in [-0.15, -0.1) is 0 Å². The molecule has 0 saturated heterocycles. The zero-order valence-electron chi connectivity index (χ0n) is 8.00. The van der Waals surface area contributed by atoms with Crippen LogP contribution in [0.5, 0.6) is 0 Å². The van der Waals surface area contributed by atoms with Crippen LogP contribution in [0.3, 0.4) is 0 Å². The van der Waals surface area contributed by atoms with E-state index in [1.54, 1.807) is 18.2 Å². The lowest BCUT2D eigenvalue weighted by Gasteiger charge is -2.14. The lowest BCUT2D eigenvalue weighted by molar-refractivity contribution is 0.626. The quantitative estimate of drug-likeness (QED) is 0.881. The number of benzene rings is 1. The van der Waals surface area contributed by atoms with Crippen LogP contribution >= 0.6 is 23.2 Å². The number of nitrogens with one attached hydrogen (secondary N) is 1. The first-order valence-corrected chi connectivity index (χ1v) is 5.57. The minimum Gasteiger partial charge on any atom is -0.295 e. The number of nitrogens with zero attached hydrogens (tertiary/aromatic N) is 1. The van der Waals surface area contributed by atoms with Gasteiger partial charge in [0.1, 0.15) is 6.04 Å². The minimum absolute atomic E-state index is 0.404. The highest BCUT2D eigenvalue weighted by molar-refractivity contribution is 6.36. The first-order valence-electron chi connectivity index (χ1n) is 4.82. The maximum absolute atomic E-state index is 9.08. The van der Waals surface area contributed by atoms with Crippen molar-refractivity contribution in [3.8, 4) is 6.07 Å². The summed E-state index contributed by atoms with van der Waals surface area (Å²) in [7, 11) is 0. The zero-order chi connectivity index (χ0) is 10.8. The fraction of sp³-hybridized carbons (Fsp3) is 0.364. The second-order valence-electron chi connectivity index (χ2n) is 3.64. The van der Waals surface area contributed by atoms with Crippen molar-refractivity contribution in [3.63, 3.8) is 0 Å². The van der Waals surface area contributed by atoms with E-state index in [9.17, 15) is 0 Å². The third-order valence-corrected chi connectivity index (χ3v) is 3.06. The summed E-state index contributed by atoms with van der Waals surface area (Å²) in [6.45, 7) is 0. The van der Waals surface area contributed by atoms with Crippen molar-refractivity contribution in [2.75, 3.05) is 0 Å². The van der Waals surface area contributed by atoms with Gasteiger partial charge in [0.2, 0.25) is 0 Å². The van der Waals surface area contributed by atoms with Crippen LogP contribution in [0.15, 0.2) is 18.2 Å². The van der Waals surface area contributed by atoms with Crippen LogP contribution in [-0.4, -0.2) is 6.04 Å². The Labute approximate surface area is 98.8 Å². The van der Waals surface area contributed by atoms with E-state index in [-0.39, 0.29) is 0 Å². The maximum atomic E-state index is 9.08. The fourth-order valence-electron chi connectivity index (χ4n) is 1.46. The van der Waals surface area contributed by atoms with E-state index in [2.05, 4.69) is 11.4 Å². The SMILES string of the molecule is N#CC(NC1CC1)c1c(Cl)cccc1Cl. The van der Waals surface area contributed by atoms with Gasteiger partial charge < -0.3 is 0 Å². The fourth-order valence-corrected chi connectivity index (χ4v) is 2.07. The van der Waals surface area contributed by atoms with Gasteiger partial charge in [0.15, 0.2) is 0 Å². The van der Waals surface area contributed by atoms with E-state index >= 15 is 0 Å². The van der Waals surface area contributed by atoms with Crippen molar-refractivity contribution >= 4 is 23.2 Å². The first-order chi connectivity index (χ1) is 7.22. The van der Waals surface area contributed by atoms with E-state index < -0.39 is 6.04 Å². The summed E-state index contributed by atoms with van der Waals surface area (Å²) in [5, 5.41) is 13.4. The summed E-state index contributed by atoms with van der Waals surface area (Å²) in [6, 6.07) is 7.51. The second kappa shape index (κ2) is 4.40. The summed E-state index contributed by atoms with van der Waals surface area (Å²) in [5.74, 6) is 0. The first kappa shape index (κ1) is 10.8. The van der Waals surface area contributed by atoms with Gasteiger partial charge in [-0.2, -0.15) is 5.26 Å². The molecule has 78 valence electrons. The summed E-state index contributed by atoms with van der Waals surface area (Å²) in [6.07, 6.45) is 2.25. The molecule has 2 rings (SSSR count). The van der Waals surface area contributed by atoms with Gasteiger partial charge in [0.25, 0.3) is 0 Å². The molecule has 1 aliphatic rings. The second-order valence-corrected chi connectivity index (χ2v) is 4.45. The summed E-state index contributed by atoms with van der Waals surface area (Å²) < 4.78 is 0. The van der Waals surface area contributed by atoms with E-state index in [4.69, 9.17) is 28.5 Å². The maximum Gasteiger partial charge on any atom is 0.124 e. The lowest BCUT2D eigenvalue weighted by atomic mass is 10.1. The number of rotatable bonds is 3. The number of hydrogen-bond acceptors (Lipinski definition) is 2. The monoisotopic (exact) mass is 240 g/mol. The third kappa shape index (κ3) is 2.43. The molecule has 0 aromatic heterocycles. The van der Waals surface area contributed by atoms with Crippen LogP contribution in [0.1, 0.15) is 24.4 Å². The Balaban J connectivity index is 2.28. The topological polar surface area (TPSA) is 35.8 Å². The largest absolute Gasteiger partial charge is 0.295 e. The van der Waals surface area contributed by atoms with E-state index in [0.29, 0.717) is 21.7 Å². The molecule has 15 heavy (non-hydrogen) atoms. The molecule has 2 nitrogen and oxygen atoms in total. The van der Waals surface area contributed by atoms with Crippen LogP contribution in [0.2, 0.25) is 10.0 Å². The molecule has 1 fully saturated rings. The standard InChI is InChI=1S/C11H10Cl2N2/c12-8-2-1-3-9(13)11(8)10(6-14)15-7-4-5-7/h1-3,7,10,15H,4-5H2. The molecule has 4 heteroatoms. The molecule has 1 atom stereocenters. The molecule has 1 aromatic carbocycles. The molecule has 0 bridgehead atoms. The molecule has 1 N–H and O–H groups in total. The van der Waals surface area contributed by atoms with E-state index in [1.807, 2.05) is 0 Å². The molecule has 1 unspecified atom stereocenters. The molecule has 1 saturated carbocycles. The van der Waals surface area contributed by atoms with Crippen LogP contribution in [-0.2, 0) is 0 Å². The number of halogens is 2. The van der Waals surface area contributed by atoms with Gasteiger partial charge in [-0.25, -0.2) is 0 Å². The van der Waals surface area contributed by atoms with Crippen molar-refractivity contribution in [3.05, 3.63) is 33.8 Å². The van der Waals surface area contributed by atoms with Crippen LogP contribution < -0.4 is 5.32 Å². The van der Waals surface area contributed by atoms with Crippen molar-refractivity contribution in [1.82, 2.24) is 5.32 Å². The van der Waals surface area contributed by atoms with E-state index in [1.165, 1.54) is 0 Å². The summed E-state index contributed by atoms with van der Waals surface area (Å²) in [4.78, 5) is 0. The summed E-state index contributed by atoms with van der Waals surface area (Å²) >= 11 is 12.1. The molecule has 0 radical (unpaired) electrons. The molecule has 0 spiro atoms. The van der Waals surface area contributed by atoms with Crippen LogP contribution in [0.4, 0.5) is 0 Å². The predicted molar refractivity (Wildman–Crippen MR) is 61.0 cm³/mol. The Morgan fingerprint density at radius 2 is 1.93 bits per heavy atom. The van der Waals surface area contributed by atoms with Gasteiger partial charge >= 0.3 is 0 Å². The third-order valence-electron chi connectivity index (χ3n) is 2.40. The van der Waals surface area contributed by atoms with Crippen molar-refractivity contribution in [2.45, 2.75) is 24.9 Å². The zero-order valence-corrected chi connectivity index (χ0v) is 9.52. The average molecular weight is 241 g/mol. The average Bonchev–Trinajstić information content (AvgIpc) is 2.99. The smallest absolute Gasteiger partial charge is 0.124 e. The van der Waals surface area contributed by atoms with Crippen molar-refractivity contribution in [2.24, 2.45) is 0 Å². The van der Waals surface area contributed by atoms with Crippen LogP contribution in [0, 0.1) is 11.3 Å². The normalized spacial score (nSPS) is 17.1.